The summed E-state index contributed by atoms with van der Waals surface area (Å²) in [4.78, 5) is 24.1. The fourth-order valence-corrected chi connectivity index (χ4v) is 3.36. The van der Waals surface area contributed by atoms with Crippen LogP contribution in [0.5, 0.6) is 0 Å². The number of esters is 1. The third-order valence-corrected chi connectivity index (χ3v) is 5.35. The van der Waals surface area contributed by atoms with Crippen LogP contribution in [0, 0.1) is 26.7 Å². The molecule has 0 radical (unpaired) electrons. The first-order chi connectivity index (χ1) is 14.4. The van der Waals surface area contributed by atoms with E-state index in [-0.39, 0.29) is 24.4 Å². The Morgan fingerprint density at radius 1 is 1.03 bits per heavy atom. The van der Waals surface area contributed by atoms with E-state index in [1.54, 1.807) is 4.68 Å². The lowest BCUT2D eigenvalue weighted by molar-refractivity contribution is -0.148. The van der Waals surface area contributed by atoms with Gasteiger partial charge in [0.25, 0.3) is 5.91 Å². The fourth-order valence-electron chi connectivity index (χ4n) is 3.36. The molecule has 2 aromatic carbocycles. The number of para-hydroxylation sites is 1. The van der Waals surface area contributed by atoms with Gasteiger partial charge in [-0.2, -0.15) is 5.10 Å². The molecule has 30 heavy (non-hydrogen) atoms. The molecule has 1 aliphatic carbocycles. The Labute approximate surface area is 175 Å². The van der Waals surface area contributed by atoms with E-state index in [9.17, 15) is 9.59 Å². The van der Waals surface area contributed by atoms with Gasteiger partial charge in [0.05, 0.1) is 17.3 Å². The zero-order valence-corrected chi connectivity index (χ0v) is 17.4. The SMILES string of the molecule is Cc1cc(C)c(-c2cc(NC(=O)COC(=O)C3CC3)n(-c3ccccc3)n2)cc1C. The maximum atomic E-state index is 12.4. The number of nitrogens with zero attached hydrogens (tertiary/aromatic N) is 2. The van der Waals surface area contributed by atoms with E-state index in [2.05, 4.69) is 38.2 Å². The summed E-state index contributed by atoms with van der Waals surface area (Å²) in [5, 5.41) is 7.61. The van der Waals surface area contributed by atoms with Gasteiger partial charge in [0, 0.05) is 11.6 Å². The van der Waals surface area contributed by atoms with Crippen molar-refractivity contribution in [3.63, 3.8) is 0 Å². The second-order valence-electron chi connectivity index (χ2n) is 7.84. The van der Waals surface area contributed by atoms with Crippen LogP contribution in [-0.4, -0.2) is 28.3 Å². The van der Waals surface area contributed by atoms with Gasteiger partial charge >= 0.3 is 5.97 Å². The van der Waals surface area contributed by atoms with Gasteiger partial charge in [-0.15, -0.1) is 0 Å². The number of aryl methyl sites for hydroxylation is 3. The first kappa shape index (κ1) is 19.9. The van der Waals surface area contributed by atoms with E-state index in [4.69, 9.17) is 9.84 Å². The highest BCUT2D eigenvalue weighted by molar-refractivity contribution is 5.93. The first-order valence-electron chi connectivity index (χ1n) is 10.1. The third-order valence-electron chi connectivity index (χ3n) is 5.35. The van der Waals surface area contributed by atoms with Crippen molar-refractivity contribution in [2.75, 3.05) is 11.9 Å². The van der Waals surface area contributed by atoms with Gasteiger partial charge in [-0.1, -0.05) is 24.3 Å². The van der Waals surface area contributed by atoms with E-state index < -0.39 is 0 Å². The molecule has 0 saturated heterocycles. The summed E-state index contributed by atoms with van der Waals surface area (Å²) in [6.07, 6.45) is 1.69. The highest BCUT2D eigenvalue weighted by atomic mass is 16.5. The molecule has 0 bridgehead atoms. The van der Waals surface area contributed by atoms with E-state index in [1.807, 2.05) is 36.4 Å². The zero-order valence-electron chi connectivity index (χ0n) is 17.4. The molecule has 1 saturated carbocycles. The number of amides is 1. The van der Waals surface area contributed by atoms with Gasteiger partial charge in [-0.05, 0) is 68.5 Å². The number of hydrogen-bond donors (Lipinski definition) is 1. The van der Waals surface area contributed by atoms with Crippen LogP contribution in [0.1, 0.15) is 29.5 Å². The van der Waals surface area contributed by atoms with Gasteiger partial charge in [0.2, 0.25) is 0 Å². The second-order valence-corrected chi connectivity index (χ2v) is 7.84. The van der Waals surface area contributed by atoms with Gasteiger partial charge in [-0.25, -0.2) is 4.68 Å². The van der Waals surface area contributed by atoms with Crippen LogP contribution in [0.2, 0.25) is 0 Å². The van der Waals surface area contributed by atoms with Crippen LogP contribution < -0.4 is 5.32 Å². The summed E-state index contributed by atoms with van der Waals surface area (Å²) in [5.74, 6) is -0.189. The molecule has 6 heteroatoms. The molecule has 1 aromatic heterocycles. The van der Waals surface area contributed by atoms with E-state index in [0.717, 1.165) is 35.3 Å². The number of ether oxygens (including phenoxy) is 1. The number of aromatic nitrogens is 2. The van der Waals surface area contributed by atoms with E-state index >= 15 is 0 Å². The highest BCUT2D eigenvalue weighted by Crippen LogP contribution is 2.31. The van der Waals surface area contributed by atoms with Crippen molar-refractivity contribution >= 4 is 17.7 Å². The van der Waals surface area contributed by atoms with Gasteiger partial charge < -0.3 is 10.1 Å². The summed E-state index contributed by atoms with van der Waals surface area (Å²) < 4.78 is 6.80. The number of rotatable bonds is 6. The number of benzene rings is 2. The summed E-state index contributed by atoms with van der Waals surface area (Å²) in [7, 11) is 0. The Morgan fingerprint density at radius 3 is 2.43 bits per heavy atom. The minimum absolute atomic E-state index is 0.0352. The summed E-state index contributed by atoms with van der Waals surface area (Å²) in [6.45, 7) is 5.92. The molecule has 0 spiro atoms. The van der Waals surface area contributed by atoms with Crippen LogP contribution >= 0.6 is 0 Å². The number of nitrogens with one attached hydrogen (secondary N) is 1. The van der Waals surface area contributed by atoms with E-state index in [1.165, 1.54) is 11.1 Å². The van der Waals surface area contributed by atoms with Crippen molar-refractivity contribution < 1.29 is 14.3 Å². The molecule has 3 aromatic rings. The average molecular weight is 403 g/mol. The monoisotopic (exact) mass is 403 g/mol. The van der Waals surface area contributed by atoms with Crippen LogP contribution in [0.25, 0.3) is 16.9 Å². The molecule has 1 amide bonds. The highest BCUT2D eigenvalue weighted by Gasteiger charge is 2.31. The third kappa shape index (κ3) is 4.27. The predicted molar refractivity (Wildman–Crippen MR) is 116 cm³/mol. The molecule has 0 aliphatic heterocycles. The molecule has 1 aliphatic rings. The normalized spacial score (nSPS) is 13.2. The Morgan fingerprint density at radius 2 is 1.73 bits per heavy atom. The van der Waals surface area contributed by atoms with E-state index in [0.29, 0.717) is 5.82 Å². The lowest BCUT2D eigenvalue weighted by Crippen LogP contribution is -2.22. The van der Waals surface area contributed by atoms with Crippen LogP contribution in [0.3, 0.4) is 0 Å². The Hall–Kier alpha value is -3.41. The van der Waals surface area contributed by atoms with Crippen LogP contribution in [0.15, 0.2) is 48.5 Å². The fraction of sp³-hybridized carbons (Fsp3) is 0.292. The van der Waals surface area contributed by atoms with Crippen molar-refractivity contribution in [3.8, 4) is 16.9 Å². The maximum absolute atomic E-state index is 12.4. The molecule has 1 N–H and O–H groups in total. The Bertz CT molecular complexity index is 1100. The quantitative estimate of drug-likeness (QED) is 0.621. The molecule has 6 nitrogen and oxygen atoms in total. The average Bonchev–Trinajstić information content (AvgIpc) is 3.51. The van der Waals surface area contributed by atoms with Crippen molar-refractivity contribution in [1.82, 2.24) is 9.78 Å². The molecule has 0 unspecified atom stereocenters. The van der Waals surface area contributed by atoms with Crippen LogP contribution in [-0.2, 0) is 14.3 Å². The second kappa shape index (κ2) is 8.14. The predicted octanol–water partition coefficient (Wildman–Crippen LogP) is 4.36. The lowest BCUT2D eigenvalue weighted by atomic mass is 9.99. The number of hydrogen-bond acceptors (Lipinski definition) is 4. The molecule has 154 valence electrons. The molecular weight excluding hydrogens is 378 g/mol. The minimum atomic E-state index is -0.385. The van der Waals surface area contributed by atoms with Crippen LogP contribution in [0.4, 0.5) is 5.82 Å². The van der Waals surface area contributed by atoms with Crippen molar-refractivity contribution in [2.45, 2.75) is 33.6 Å². The van der Waals surface area contributed by atoms with Gasteiger partial charge in [0.1, 0.15) is 5.82 Å². The largest absolute Gasteiger partial charge is 0.455 e. The van der Waals surface area contributed by atoms with Crippen molar-refractivity contribution in [1.29, 1.82) is 0 Å². The minimum Gasteiger partial charge on any atom is -0.455 e. The number of anilines is 1. The summed E-state index contributed by atoms with van der Waals surface area (Å²) >= 11 is 0. The standard InChI is InChI=1S/C24H25N3O3/c1-15-11-17(3)20(12-16(15)2)21-13-22(27(26-21)19-7-5-4-6-8-19)25-23(28)14-30-24(29)18-9-10-18/h4-8,11-13,18H,9-10,14H2,1-3H3,(H,25,28). The molecule has 0 atom stereocenters. The number of carbonyl (C=O) groups excluding carboxylic acids is 2. The van der Waals surface area contributed by atoms with Crippen molar-refractivity contribution in [3.05, 3.63) is 65.2 Å². The summed E-state index contributed by atoms with van der Waals surface area (Å²) in [5.41, 5.74) is 6.14. The topological polar surface area (TPSA) is 73.2 Å². The molecular formula is C24H25N3O3. The van der Waals surface area contributed by atoms with Gasteiger partial charge in [-0.3, -0.25) is 9.59 Å². The molecule has 1 heterocycles. The summed E-state index contributed by atoms with van der Waals surface area (Å²) in [6, 6.07) is 15.7. The zero-order chi connectivity index (χ0) is 21.3. The number of carbonyl (C=O) groups is 2. The van der Waals surface area contributed by atoms with Crippen molar-refractivity contribution in [2.24, 2.45) is 5.92 Å². The molecule has 1 fully saturated rings. The smallest absolute Gasteiger partial charge is 0.309 e. The lowest BCUT2D eigenvalue weighted by Gasteiger charge is -2.09. The maximum Gasteiger partial charge on any atom is 0.309 e. The molecule has 4 rings (SSSR count). The Kier molecular flexibility index (Phi) is 5.40. The first-order valence-corrected chi connectivity index (χ1v) is 10.1. The Balaban J connectivity index is 1.64. The van der Waals surface area contributed by atoms with Gasteiger partial charge in [0.15, 0.2) is 6.61 Å².